The Labute approximate surface area is 116 Å². The van der Waals surface area contributed by atoms with Gasteiger partial charge in [-0.3, -0.25) is 0 Å². The second-order valence-corrected chi connectivity index (χ2v) is 7.47. The van der Waals surface area contributed by atoms with Crippen molar-refractivity contribution >= 4 is 15.5 Å². The summed E-state index contributed by atoms with van der Waals surface area (Å²) in [5.41, 5.74) is 1.98. The molecule has 1 atom stereocenters. The summed E-state index contributed by atoms with van der Waals surface area (Å²) in [6.45, 7) is 7.80. The van der Waals surface area contributed by atoms with Crippen LogP contribution < -0.4 is 10.1 Å². The lowest BCUT2D eigenvalue weighted by molar-refractivity contribution is 0.242. The highest BCUT2D eigenvalue weighted by Crippen LogP contribution is 2.22. The van der Waals surface area contributed by atoms with Gasteiger partial charge in [0.05, 0.1) is 11.9 Å². The highest BCUT2D eigenvalue weighted by molar-refractivity contribution is 7.90. The van der Waals surface area contributed by atoms with Crippen LogP contribution in [-0.4, -0.2) is 32.6 Å². The van der Waals surface area contributed by atoms with Gasteiger partial charge in [0.25, 0.3) is 0 Å². The van der Waals surface area contributed by atoms with Crippen molar-refractivity contribution in [2.24, 2.45) is 0 Å². The van der Waals surface area contributed by atoms with Crippen LogP contribution in [0.25, 0.3) is 0 Å². The van der Waals surface area contributed by atoms with E-state index in [1.165, 1.54) is 6.26 Å². The van der Waals surface area contributed by atoms with Crippen molar-refractivity contribution in [2.75, 3.05) is 17.3 Å². The summed E-state index contributed by atoms with van der Waals surface area (Å²) in [5.74, 6) is 0.949. The molecule has 1 aromatic rings. The molecule has 0 aromatic heterocycles. The molecule has 0 aliphatic carbocycles. The quantitative estimate of drug-likeness (QED) is 0.873. The van der Waals surface area contributed by atoms with Crippen molar-refractivity contribution in [3.05, 3.63) is 23.8 Å². The molecule has 0 radical (unpaired) electrons. The van der Waals surface area contributed by atoms with Gasteiger partial charge in [-0.05, 0) is 51.5 Å². The first-order valence-electron chi connectivity index (χ1n) is 6.39. The monoisotopic (exact) mass is 285 g/mol. The fourth-order valence-corrected chi connectivity index (χ4v) is 2.90. The molecule has 0 aliphatic rings. The summed E-state index contributed by atoms with van der Waals surface area (Å²) in [7, 11) is -2.97. The summed E-state index contributed by atoms with van der Waals surface area (Å²) in [4.78, 5) is 0. The SMILES string of the molecule is Cc1cc(OC(C)C)ccc1NC(C)CS(C)(=O)=O. The van der Waals surface area contributed by atoms with Gasteiger partial charge in [0.2, 0.25) is 0 Å². The predicted octanol–water partition coefficient (Wildman–Crippen LogP) is 2.63. The zero-order valence-corrected chi connectivity index (χ0v) is 13.0. The number of benzene rings is 1. The Morgan fingerprint density at radius 1 is 1.26 bits per heavy atom. The molecule has 0 spiro atoms. The summed E-state index contributed by atoms with van der Waals surface area (Å²) in [6.07, 6.45) is 1.39. The van der Waals surface area contributed by atoms with Crippen LogP contribution in [0.5, 0.6) is 5.75 Å². The van der Waals surface area contributed by atoms with Gasteiger partial charge < -0.3 is 10.1 Å². The van der Waals surface area contributed by atoms with Crippen LogP contribution in [0.15, 0.2) is 18.2 Å². The molecule has 1 rings (SSSR count). The number of hydrogen-bond acceptors (Lipinski definition) is 4. The molecule has 1 N–H and O–H groups in total. The molecule has 0 fully saturated rings. The fourth-order valence-electron chi connectivity index (χ4n) is 1.90. The Morgan fingerprint density at radius 3 is 2.37 bits per heavy atom. The molecule has 108 valence electrons. The topological polar surface area (TPSA) is 55.4 Å². The minimum absolute atomic E-state index is 0.120. The molecule has 0 saturated carbocycles. The predicted molar refractivity (Wildman–Crippen MR) is 79.7 cm³/mol. The Morgan fingerprint density at radius 2 is 1.89 bits per heavy atom. The molecule has 0 amide bonds. The van der Waals surface area contributed by atoms with Crippen LogP contribution in [0, 0.1) is 6.92 Å². The van der Waals surface area contributed by atoms with E-state index in [0.717, 1.165) is 17.0 Å². The highest BCUT2D eigenvalue weighted by atomic mass is 32.2. The lowest BCUT2D eigenvalue weighted by Gasteiger charge is -2.17. The van der Waals surface area contributed by atoms with Crippen molar-refractivity contribution in [3.8, 4) is 5.75 Å². The van der Waals surface area contributed by atoms with E-state index >= 15 is 0 Å². The average molecular weight is 285 g/mol. The molecule has 1 unspecified atom stereocenters. The van der Waals surface area contributed by atoms with Crippen LogP contribution in [0.1, 0.15) is 26.3 Å². The van der Waals surface area contributed by atoms with Crippen LogP contribution in [0.2, 0.25) is 0 Å². The van der Waals surface area contributed by atoms with E-state index in [9.17, 15) is 8.42 Å². The van der Waals surface area contributed by atoms with E-state index in [4.69, 9.17) is 4.74 Å². The smallest absolute Gasteiger partial charge is 0.149 e. The highest BCUT2D eigenvalue weighted by Gasteiger charge is 2.11. The Kier molecular flexibility index (Phi) is 5.23. The molecule has 5 heteroatoms. The van der Waals surface area contributed by atoms with Gasteiger partial charge >= 0.3 is 0 Å². The van der Waals surface area contributed by atoms with Gasteiger partial charge in [-0.25, -0.2) is 8.42 Å². The van der Waals surface area contributed by atoms with E-state index < -0.39 is 9.84 Å². The standard InChI is InChI=1S/C14H23NO3S/c1-10(2)18-13-6-7-14(11(3)8-13)15-12(4)9-19(5,16)17/h6-8,10,12,15H,9H2,1-5H3. The third kappa shape index (κ3) is 5.96. The zero-order chi connectivity index (χ0) is 14.6. The van der Waals surface area contributed by atoms with Crippen molar-refractivity contribution in [3.63, 3.8) is 0 Å². The number of sulfone groups is 1. The third-order valence-corrected chi connectivity index (χ3v) is 3.63. The largest absolute Gasteiger partial charge is 0.491 e. The van der Waals surface area contributed by atoms with Crippen LogP contribution in [0.4, 0.5) is 5.69 Å². The van der Waals surface area contributed by atoms with Gasteiger partial charge in [0, 0.05) is 18.0 Å². The molecule has 4 nitrogen and oxygen atoms in total. The number of rotatable bonds is 6. The van der Waals surface area contributed by atoms with Crippen molar-refractivity contribution in [2.45, 2.75) is 39.8 Å². The number of aryl methyl sites for hydroxylation is 1. The van der Waals surface area contributed by atoms with Crippen molar-refractivity contribution < 1.29 is 13.2 Å². The normalized spacial score (nSPS) is 13.4. The van der Waals surface area contributed by atoms with E-state index in [1.54, 1.807) is 0 Å². The maximum atomic E-state index is 11.2. The van der Waals surface area contributed by atoms with Crippen LogP contribution in [-0.2, 0) is 9.84 Å². The summed E-state index contributed by atoms with van der Waals surface area (Å²) in [5, 5.41) is 3.21. The fraction of sp³-hybridized carbons (Fsp3) is 0.571. The van der Waals surface area contributed by atoms with E-state index in [-0.39, 0.29) is 17.9 Å². The number of hydrogen-bond donors (Lipinski definition) is 1. The number of nitrogens with one attached hydrogen (secondary N) is 1. The average Bonchev–Trinajstić information content (AvgIpc) is 2.18. The van der Waals surface area contributed by atoms with Crippen molar-refractivity contribution in [1.29, 1.82) is 0 Å². The van der Waals surface area contributed by atoms with Gasteiger partial charge in [-0.1, -0.05) is 0 Å². The maximum absolute atomic E-state index is 11.2. The Balaban J connectivity index is 2.74. The number of anilines is 1. The molecular formula is C14H23NO3S. The molecule has 0 aliphatic heterocycles. The number of ether oxygens (including phenoxy) is 1. The summed E-state index contributed by atoms with van der Waals surface area (Å²) in [6, 6.07) is 5.65. The maximum Gasteiger partial charge on any atom is 0.149 e. The van der Waals surface area contributed by atoms with E-state index in [0.29, 0.717) is 0 Å². The Bertz CT molecular complexity index is 523. The molecule has 0 heterocycles. The van der Waals surface area contributed by atoms with Gasteiger partial charge in [-0.15, -0.1) is 0 Å². The minimum atomic E-state index is -2.97. The van der Waals surface area contributed by atoms with Gasteiger partial charge in [-0.2, -0.15) is 0 Å². The first kappa shape index (κ1) is 15.8. The van der Waals surface area contributed by atoms with Crippen LogP contribution in [0.3, 0.4) is 0 Å². The lowest BCUT2D eigenvalue weighted by Crippen LogP contribution is -2.25. The van der Waals surface area contributed by atoms with Gasteiger partial charge in [0.1, 0.15) is 15.6 Å². The molecule has 0 saturated heterocycles. The second kappa shape index (κ2) is 6.28. The molecular weight excluding hydrogens is 262 g/mol. The Hall–Kier alpha value is -1.23. The van der Waals surface area contributed by atoms with Crippen molar-refractivity contribution in [1.82, 2.24) is 0 Å². The van der Waals surface area contributed by atoms with Gasteiger partial charge in [0.15, 0.2) is 0 Å². The van der Waals surface area contributed by atoms with E-state index in [1.807, 2.05) is 45.9 Å². The molecule has 19 heavy (non-hydrogen) atoms. The third-order valence-electron chi connectivity index (χ3n) is 2.52. The zero-order valence-electron chi connectivity index (χ0n) is 12.2. The second-order valence-electron chi connectivity index (χ2n) is 5.28. The first-order valence-corrected chi connectivity index (χ1v) is 8.45. The van der Waals surface area contributed by atoms with E-state index in [2.05, 4.69) is 5.32 Å². The summed E-state index contributed by atoms with van der Waals surface area (Å²) >= 11 is 0. The van der Waals surface area contributed by atoms with Crippen LogP contribution >= 0.6 is 0 Å². The first-order chi connectivity index (χ1) is 8.67. The lowest BCUT2D eigenvalue weighted by atomic mass is 10.1. The molecule has 0 bridgehead atoms. The minimum Gasteiger partial charge on any atom is -0.491 e. The molecule has 1 aromatic carbocycles. The summed E-state index contributed by atoms with van der Waals surface area (Å²) < 4.78 is 28.1.